The minimum Gasteiger partial charge on any atom is -0.294 e. The van der Waals surface area contributed by atoms with E-state index in [1.165, 1.54) is 6.07 Å². The van der Waals surface area contributed by atoms with Crippen LogP contribution < -0.4 is 4.72 Å². The molecule has 0 saturated heterocycles. The minimum absolute atomic E-state index is 0.0228. The summed E-state index contributed by atoms with van der Waals surface area (Å²) in [6, 6.07) is 4.61. The van der Waals surface area contributed by atoms with Crippen molar-refractivity contribution in [3.63, 3.8) is 0 Å². The number of sulfonamides is 1. The molecule has 0 saturated carbocycles. The molecule has 0 atom stereocenters. The number of Topliss-reactive ketones (excluding diaryl/α,β-unsaturated/α-hetero) is 1. The van der Waals surface area contributed by atoms with Gasteiger partial charge in [0, 0.05) is 23.4 Å². The molecule has 1 N–H and O–H groups in total. The average molecular weight is 352 g/mol. The lowest BCUT2D eigenvalue weighted by atomic mass is 10.1. The second-order valence-electron chi connectivity index (χ2n) is 5.44. The summed E-state index contributed by atoms with van der Waals surface area (Å²) in [6.07, 6.45) is 0.963. The van der Waals surface area contributed by atoms with Crippen LogP contribution in [-0.4, -0.2) is 24.2 Å². The van der Waals surface area contributed by atoms with E-state index in [-0.39, 0.29) is 21.6 Å². The van der Waals surface area contributed by atoms with Gasteiger partial charge in [-0.1, -0.05) is 11.6 Å². The van der Waals surface area contributed by atoms with E-state index in [9.17, 15) is 13.2 Å². The SMILES string of the molecule is Cc1cc(C)nc(NS(=O)(=O)c2cc3c(cc2Cl)CCC3=O)n1. The Hall–Kier alpha value is -1.99. The van der Waals surface area contributed by atoms with Gasteiger partial charge in [0.25, 0.3) is 10.0 Å². The molecule has 0 amide bonds. The fourth-order valence-electron chi connectivity index (χ4n) is 2.60. The first-order valence-corrected chi connectivity index (χ1v) is 8.83. The van der Waals surface area contributed by atoms with Crippen LogP contribution in [0, 0.1) is 13.8 Å². The molecule has 0 aliphatic heterocycles. The van der Waals surface area contributed by atoms with Crippen LogP contribution in [0.3, 0.4) is 0 Å². The fourth-order valence-corrected chi connectivity index (χ4v) is 4.12. The lowest BCUT2D eigenvalue weighted by Gasteiger charge is -2.11. The number of carbonyl (C=O) groups excluding carboxylic acids is 1. The van der Waals surface area contributed by atoms with Crippen LogP contribution in [0.1, 0.15) is 33.7 Å². The number of ketones is 1. The highest BCUT2D eigenvalue weighted by molar-refractivity contribution is 7.92. The fraction of sp³-hybridized carbons (Fsp3) is 0.267. The van der Waals surface area contributed by atoms with Gasteiger partial charge in [-0.15, -0.1) is 0 Å². The third-order valence-corrected chi connectivity index (χ3v) is 5.37. The lowest BCUT2D eigenvalue weighted by molar-refractivity contribution is 0.0994. The smallest absolute Gasteiger partial charge is 0.265 e. The Bertz CT molecular complexity index is 906. The maximum Gasteiger partial charge on any atom is 0.265 e. The molecular weight excluding hydrogens is 338 g/mol. The standard InChI is InChI=1S/C15H14ClN3O3S/c1-8-5-9(2)18-15(17-8)19-23(21,22)14-7-11-10(6-12(14)16)3-4-13(11)20/h5-7H,3-4H2,1-2H3,(H,17,18,19). The van der Waals surface area contributed by atoms with E-state index < -0.39 is 10.0 Å². The molecule has 0 fully saturated rings. The van der Waals surface area contributed by atoms with Gasteiger partial charge in [0.2, 0.25) is 5.95 Å². The summed E-state index contributed by atoms with van der Waals surface area (Å²) in [6.45, 7) is 3.49. The quantitative estimate of drug-likeness (QED) is 0.918. The second-order valence-corrected chi connectivity index (χ2v) is 7.50. The monoisotopic (exact) mass is 351 g/mol. The van der Waals surface area contributed by atoms with Crippen molar-refractivity contribution in [2.75, 3.05) is 4.72 Å². The van der Waals surface area contributed by atoms with Crippen molar-refractivity contribution in [1.82, 2.24) is 9.97 Å². The number of nitrogens with one attached hydrogen (secondary N) is 1. The average Bonchev–Trinajstić information content (AvgIpc) is 2.76. The molecule has 0 bridgehead atoms. The van der Waals surface area contributed by atoms with Crippen LogP contribution in [0.15, 0.2) is 23.1 Å². The van der Waals surface area contributed by atoms with Crippen molar-refractivity contribution in [3.8, 4) is 0 Å². The van der Waals surface area contributed by atoms with Crippen molar-refractivity contribution in [3.05, 3.63) is 45.7 Å². The lowest BCUT2D eigenvalue weighted by Crippen LogP contribution is -2.16. The molecule has 1 heterocycles. The predicted octanol–water partition coefficient (Wildman–Crippen LogP) is 2.68. The molecule has 8 heteroatoms. The molecule has 0 unspecified atom stereocenters. The molecule has 3 rings (SSSR count). The number of rotatable bonds is 3. The van der Waals surface area contributed by atoms with Gasteiger partial charge in [0.05, 0.1) is 5.02 Å². The molecule has 1 aromatic heterocycles. The van der Waals surface area contributed by atoms with Gasteiger partial charge in [-0.05, 0) is 44.0 Å². The first-order valence-electron chi connectivity index (χ1n) is 6.97. The number of nitrogens with zero attached hydrogens (tertiary/aromatic N) is 2. The van der Waals surface area contributed by atoms with Crippen LogP contribution in [0.5, 0.6) is 0 Å². The van der Waals surface area contributed by atoms with E-state index in [0.29, 0.717) is 29.8 Å². The third-order valence-electron chi connectivity index (χ3n) is 3.58. The second kappa shape index (κ2) is 5.58. The Morgan fingerprint density at radius 1 is 1.09 bits per heavy atom. The summed E-state index contributed by atoms with van der Waals surface area (Å²) >= 11 is 6.10. The molecule has 23 heavy (non-hydrogen) atoms. The maximum atomic E-state index is 12.6. The molecule has 1 aliphatic carbocycles. The third kappa shape index (κ3) is 3.07. The van der Waals surface area contributed by atoms with Gasteiger partial charge in [-0.2, -0.15) is 0 Å². The van der Waals surface area contributed by atoms with Gasteiger partial charge in [0.1, 0.15) is 4.90 Å². The first-order chi connectivity index (χ1) is 10.8. The number of benzene rings is 1. The molecule has 0 radical (unpaired) electrons. The Morgan fingerprint density at radius 2 is 1.74 bits per heavy atom. The topological polar surface area (TPSA) is 89.0 Å². The van der Waals surface area contributed by atoms with Gasteiger partial charge in [-0.3, -0.25) is 4.79 Å². The zero-order valence-electron chi connectivity index (χ0n) is 12.6. The molecule has 0 spiro atoms. The van der Waals surface area contributed by atoms with E-state index in [2.05, 4.69) is 14.7 Å². The molecule has 120 valence electrons. The van der Waals surface area contributed by atoms with Crippen molar-refractivity contribution < 1.29 is 13.2 Å². The van der Waals surface area contributed by atoms with Gasteiger partial charge >= 0.3 is 0 Å². The molecule has 6 nitrogen and oxygen atoms in total. The molecule has 1 aromatic carbocycles. The van der Waals surface area contributed by atoms with E-state index in [0.717, 1.165) is 5.56 Å². The number of fused-ring (bicyclic) bond motifs is 1. The minimum atomic E-state index is -3.98. The van der Waals surface area contributed by atoms with E-state index in [1.807, 2.05) is 0 Å². The zero-order valence-corrected chi connectivity index (χ0v) is 14.1. The van der Waals surface area contributed by atoms with Crippen molar-refractivity contribution in [2.45, 2.75) is 31.6 Å². The van der Waals surface area contributed by atoms with Gasteiger partial charge in [0.15, 0.2) is 5.78 Å². The normalized spacial score (nSPS) is 14.0. The van der Waals surface area contributed by atoms with Crippen LogP contribution in [0.2, 0.25) is 5.02 Å². The first kappa shape index (κ1) is 15.9. The summed E-state index contributed by atoms with van der Waals surface area (Å²) in [5, 5.41) is 0.0790. The Balaban J connectivity index is 2.03. The van der Waals surface area contributed by atoms with Crippen LogP contribution in [0.25, 0.3) is 0 Å². The highest BCUT2D eigenvalue weighted by atomic mass is 35.5. The number of aryl methyl sites for hydroxylation is 3. The number of hydrogen-bond donors (Lipinski definition) is 1. The number of hydrogen-bond acceptors (Lipinski definition) is 5. The summed E-state index contributed by atoms with van der Waals surface area (Å²) in [5.41, 5.74) is 2.48. The molecule has 2 aromatic rings. The number of carbonyl (C=O) groups is 1. The predicted molar refractivity (Wildman–Crippen MR) is 86.4 cm³/mol. The Morgan fingerprint density at radius 3 is 2.39 bits per heavy atom. The Kier molecular flexibility index (Phi) is 3.85. The van der Waals surface area contributed by atoms with Crippen LogP contribution in [-0.2, 0) is 16.4 Å². The van der Waals surface area contributed by atoms with Crippen molar-refractivity contribution in [2.24, 2.45) is 0 Å². The highest BCUT2D eigenvalue weighted by Gasteiger charge is 2.26. The zero-order chi connectivity index (χ0) is 16.8. The molecular formula is C15H14ClN3O3S. The largest absolute Gasteiger partial charge is 0.294 e. The number of aromatic nitrogens is 2. The summed E-state index contributed by atoms with van der Waals surface area (Å²) < 4.78 is 27.4. The number of halogens is 1. The van der Waals surface area contributed by atoms with E-state index in [1.54, 1.807) is 26.0 Å². The van der Waals surface area contributed by atoms with Gasteiger partial charge < -0.3 is 0 Å². The maximum absolute atomic E-state index is 12.6. The number of anilines is 1. The van der Waals surface area contributed by atoms with Crippen molar-refractivity contribution >= 4 is 33.4 Å². The molecule has 1 aliphatic rings. The Labute approximate surface area is 139 Å². The summed E-state index contributed by atoms with van der Waals surface area (Å²) in [7, 11) is -3.98. The van der Waals surface area contributed by atoms with Gasteiger partial charge in [-0.25, -0.2) is 23.1 Å². The van der Waals surface area contributed by atoms with Crippen LogP contribution >= 0.6 is 11.6 Å². The van der Waals surface area contributed by atoms with Crippen molar-refractivity contribution in [1.29, 1.82) is 0 Å². The summed E-state index contributed by atoms with van der Waals surface area (Å²) in [5.74, 6) is -0.0961. The van der Waals surface area contributed by atoms with Crippen LogP contribution in [0.4, 0.5) is 5.95 Å². The van der Waals surface area contributed by atoms with E-state index >= 15 is 0 Å². The van der Waals surface area contributed by atoms with E-state index in [4.69, 9.17) is 11.6 Å². The summed E-state index contributed by atoms with van der Waals surface area (Å²) in [4.78, 5) is 19.8. The highest BCUT2D eigenvalue weighted by Crippen LogP contribution is 2.31.